The van der Waals surface area contributed by atoms with Gasteiger partial charge < -0.3 is 10.1 Å². The third-order valence-electron chi connectivity index (χ3n) is 7.87. The predicted octanol–water partition coefficient (Wildman–Crippen LogP) is 7.12. The van der Waals surface area contributed by atoms with Crippen LogP contribution in [0, 0.1) is 27.9 Å². The maximum Gasteiger partial charge on any atom is 0.269 e. The Morgan fingerprint density at radius 2 is 1.82 bits per heavy atom. The standard InChI is InChI=1S/C27H25ClN2O3/c28-23-4-2-1-3-19(23)15-33-21-10-7-16(8-11-21)27-26-18-6-5-17(13-18)25(26)22-14-20(30(31)32)9-12-24(22)29-27/h1-4,7-12,14,17-18,25-27,29H,5-6,13,15H2/t17-,18-,25+,26-,27+/m0/s1. The highest BCUT2D eigenvalue weighted by Crippen LogP contribution is 2.63. The van der Waals surface area contributed by atoms with Crippen LogP contribution in [0.25, 0.3) is 0 Å². The summed E-state index contributed by atoms with van der Waals surface area (Å²) in [6.45, 7) is 0.432. The lowest BCUT2D eigenvalue weighted by Crippen LogP contribution is -2.35. The van der Waals surface area contributed by atoms with Gasteiger partial charge in [-0.05, 0) is 78.3 Å². The summed E-state index contributed by atoms with van der Waals surface area (Å²) in [5, 5.41) is 15.8. The maximum atomic E-state index is 11.4. The molecule has 0 saturated heterocycles. The number of non-ortho nitro benzene ring substituents is 1. The highest BCUT2D eigenvalue weighted by atomic mass is 35.5. The molecular formula is C27H25ClN2O3. The van der Waals surface area contributed by atoms with Gasteiger partial charge in [-0.25, -0.2) is 0 Å². The number of hydrogen-bond acceptors (Lipinski definition) is 4. The normalized spacial score (nSPS) is 26.9. The van der Waals surface area contributed by atoms with E-state index in [0.717, 1.165) is 22.6 Å². The number of anilines is 1. The Kier molecular flexibility index (Phi) is 5.02. The summed E-state index contributed by atoms with van der Waals surface area (Å²) in [6.07, 6.45) is 3.72. The molecule has 2 saturated carbocycles. The van der Waals surface area contributed by atoms with Gasteiger partial charge in [0.2, 0.25) is 0 Å². The van der Waals surface area contributed by atoms with Gasteiger partial charge in [-0.3, -0.25) is 10.1 Å². The molecule has 2 bridgehead atoms. The Balaban J connectivity index is 1.27. The van der Waals surface area contributed by atoms with Crippen molar-refractivity contribution in [1.82, 2.24) is 0 Å². The monoisotopic (exact) mass is 460 g/mol. The Morgan fingerprint density at radius 1 is 1.03 bits per heavy atom. The van der Waals surface area contributed by atoms with Crippen LogP contribution in [0.15, 0.2) is 66.7 Å². The summed E-state index contributed by atoms with van der Waals surface area (Å²) in [6, 6.07) is 21.6. The van der Waals surface area contributed by atoms with E-state index in [4.69, 9.17) is 16.3 Å². The van der Waals surface area contributed by atoms with E-state index in [2.05, 4.69) is 17.4 Å². The second-order valence-corrected chi connectivity index (χ2v) is 9.94. The molecular weight excluding hydrogens is 436 g/mol. The zero-order chi connectivity index (χ0) is 22.5. The molecule has 6 rings (SSSR count). The Morgan fingerprint density at radius 3 is 2.61 bits per heavy atom. The van der Waals surface area contributed by atoms with Crippen molar-refractivity contribution >= 4 is 23.0 Å². The predicted molar refractivity (Wildman–Crippen MR) is 129 cm³/mol. The van der Waals surface area contributed by atoms with Gasteiger partial charge in [0.25, 0.3) is 5.69 Å². The average molecular weight is 461 g/mol. The third-order valence-corrected chi connectivity index (χ3v) is 8.24. The van der Waals surface area contributed by atoms with Crippen molar-refractivity contribution in [2.45, 2.75) is 37.8 Å². The minimum Gasteiger partial charge on any atom is -0.489 e. The number of nitrogens with zero attached hydrogens (tertiary/aromatic N) is 1. The fraction of sp³-hybridized carbons (Fsp3) is 0.333. The topological polar surface area (TPSA) is 64.4 Å². The summed E-state index contributed by atoms with van der Waals surface area (Å²) in [7, 11) is 0. The van der Waals surface area contributed by atoms with Gasteiger partial charge in [-0.1, -0.05) is 41.9 Å². The molecule has 1 heterocycles. The smallest absolute Gasteiger partial charge is 0.269 e. The van der Waals surface area contributed by atoms with Crippen LogP contribution in [0.3, 0.4) is 0 Å². The van der Waals surface area contributed by atoms with Crippen molar-refractivity contribution in [2.75, 3.05) is 5.32 Å². The van der Waals surface area contributed by atoms with Gasteiger partial charge in [0.1, 0.15) is 12.4 Å². The number of ether oxygens (including phenoxy) is 1. The minimum absolute atomic E-state index is 0.190. The van der Waals surface area contributed by atoms with Crippen molar-refractivity contribution < 1.29 is 9.66 Å². The number of hydrogen-bond donors (Lipinski definition) is 1. The van der Waals surface area contributed by atoms with Crippen molar-refractivity contribution in [1.29, 1.82) is 0 Å². The molecule has 33 heavy (non-hydrogen) atoms. The highest BCUT2D eigenvalue weighted by molar-refractivity contribution is 6.31. The molecule has 5 nitrogen and oxygen atoms in total. The molecule has 0 spiro atoms. The van der Waals surface area contributed by atoms with Crippen LogP contribution in [0.5, 0.6) is 5.75 Å². The van der Waals surface area contributed by atoms with E-state index >= 15 is 0 Å². The average Bonchev–Trinajstić information content (AvgIpc) is 3.46. The van der Waals surface area contributed by atoms with Crippen molar-refractivity contribution in [3.8, 4) is 5.75 Å². The molecule has 2 fully saturated rings. The van der Waals surface area contributed by atoms with Crippen molar-refractivity contribution in [3.05, 3.63) is 98.6 Å². The lowest BCUT2D eigenvalue weighted by atomic mass is 9.68. The second-order valence-electron chi connectivity index (χ2n) is 9.54. The minimum atomic E-state index is -0.282. The SMILES string of the molecule is O=[N+]([O-])c1ccc2c(c1)[C@H]1[C@H]3CC[C@@H](C3)[C@@H]1[C@@H](c1ccc(OCc3ccccc3Cl)cc1)N2. The third kappa shape index (κ3) is 3.55. The molecule has 1 N–H and O–H groups in total. The van der Waals surface area contributed by atoms with Crippen LogP contribution < -0.4 is 10.1 Å². The number of fused-ring (bicyclic) bond motifs is 7. The number of nitro benzene ring substituents is 1. The fourth-order valence-electron chi connectivity index (χ4n) is 6.46. The summed E-state index contributed by atoms with van der Waals surface area (Å²) in [4.78, 5) is 11.1. The van der Waals surface area contributed by atoms with Crippen LogP contribution >= 0.6 is 11.6 Å². The number of rotatable bonds is 5. The first-order chi connectivity index (χ1) is 16.1. The molecule has 0 radical (unpaired) electrons. The van der Waals surface area contributed by atoms with Crippen LogP contribution in [-0.4, -0.2) is 4.92 Å². The van der Waals surface area contributed by atoms with E-state index in [1.165, 1.54) is 24.8 Å². The summed E-state index contributed by atoms with van der Waals surface area (Å²) in [5.41, 5.74) is 4.57. The number of nitrogens with one attached hydrogen (secondary N) is 1. The molecule has 3 aromatic carbocycles. The fourth-order valence-corrected chi connectivity index (χ4v) is 6.66. The molecule has 1 aliphatic heterocycles. The van der Waals surface area contributed by atoms with Gasteiger partial charge >= 0.3 is 0 Å². The summed E-state index contributed by atoms with van der Waals surface area (Å²) in [5.74, 6) is 2.97. The van der Waals surface area contributed by atoms with Gasteiger partial charge in [0.15, 0.2) is 0 Å². The summed E-state index contributed by atoms with van der Waals surface area (Å²) >= 11 is 6.24. The number of nitro groups is 1. The molecule has 0 unspecified atom stereocenters. The quantitative estimate of drug-likeness (QED) is 0.325. The van der Waals surface area contributed by atoms with E-state index < -0.39 is 0 Å². The van der Waals surface area contributed by atoms with Crippen LogP contribution in [0.2, 0.25) is 5.02 Å². The second kappa shape index (κ2) is 8.07. The molecule has 0 amide bonds. The van der Waals surface area contributed by atoms with Crippen molar-refractivity contribution in [3.63, 3.8) is 0 Å². The van der Waals surface area contributed by atoms with E-state index in [1.807, 2.05) is 48.5 Å². The van der Waals surface area contributed by atoms with Gasteiger partial charge in [-0.15, -0.1) is 0 Å². The van der Waals surface area contributed by atoms with Crippen LogP contribution in [0.4, 0.5) is 11.4 Å². The molecule has 168 valence electrons. The lowest BCUT2D eigenvalue weighted by molar-refractivity contribution is -0.384. The first-order valence-electron chi connectivity index (χ1n) is 11.6. The van der Waals surface area contributed by atoms with Gasteiger partial charge in [-0.2, -0.15) is 0 Å². The number of halogens is 1. The van der Waals surface area contributed by atoms with Gasteiger partial charge in [0.05, 0.1) is 11.0 Å². The molecule has 2 aliphatic carbocycles. The lowest BCUT2D eigenvalue weighted by Gasteiger charge is -2.43. The number of benzene rings is 3. The Labute approximate surface area is 197 Å². The van der Waals surface area contributed by atoms with E-state index in [-0.39, 0.29) is 16.7 Å². The van der Waals surface area contributed by atoms with E-state index in [1.54, 1.807) is 6.07 Å². The Hall–Kier alpha value is -3.05. The van der Waals surface area contributed by atoms with Gasteiger partial charge in [0, 0.05) is 28.4 Å². The zero-order valence-corrected chi connectivity index (χ0v) is 18.9. The van der Waals surface area contributed by atoms with Crippen LogP contribution in [-0.2, 0) is 6.61 Å². The molecule has 0 aromatic heterocycles. The first-order valence-corrected chi connectivity index (χ1v) is 12.0. The largest absolute Gasteiger partial charge is 0.489 e. The molecule has 6 heteroatoms. The molecule has 3 aliphatic rings. The summed E-state index contributed by atoms with van der Waals surface area (Å²) < 4.78 is 5.97. The van der Waals surface area contributed by atoms with E-state index in [9.17, 15) is 10.1 Å². The maximum absolute atomic E-state index is 11.4. The Bertz CT molecular complexity index is 1210. The first kappa shape index (κ1) is 20.5. The van der Waals surface area contributed by atoms with E-state index in [0.29, 0.717) is 35.3 Å². The highest BCUT2D eigenvalue weighted by Gasteiger charge is 2.54. The zero-order valence-electron chi connectivity index (χ0n) is 18.1. The van der Waals surface area contributed by atoms with Crippen molar-refractivity contribution in [2.24, 2.45) is 17.8 Å². The molecule has 5 atom stereocenters. The molecule has 3 aromatic rings. The van der Waals surface area contributed by atoms with Crippen LogP contribution in [0.1, 0.15) is 47.9 Å².